The van der Waals surface area contributed by atoms with Crippen molar-refractivity contribution in [3.8, 4) is 0 Å². The van der Waals surface area contributed by atoms with Gasteiger partial charge in [0.25, 0.3) is 0 Å². The lowest BCUT2D eigenvalue weighted by molar-refractivity contribution is -0.137. The summed E-state index contributed by atoms with van der Waals surface area (Å²) in [6, 6.07) is 10.8. The van der Waals surface area contributed by atoms with Crippen molar-refractivity contribution < 1.29 is 13.2 Å². The molecule has 2 aromatic carbocycles. The summed E-state index contributed by atoms with van der Waals surface area (Å²) in [4.78, 5) is 4.41. The quantitative estimate of drug-likeness (QED) is 0.493. The molecule has 1 fully saturated rings. The second-order valence-electron chi connectivity index (χ2n) is 9.60. The standard InChI is InChI=1S/C24H28ClF3N6/c1-16-8-9-19(25)15-20(16)32-10-12-33(13-11-32)21(22-29-30-31-34(22)23(2,3)4)17-6-5-7-18(14-17)24(26,27)28/h5-9,14-15,21H,10-13H2,1-4H3/t21-/m0/s1. The Kier molecular flexibility index (Phi) is 6.61. The molecule has 0 N–H and O–H groups in total. The van der Waals surface area contributed by atoms with Crippen molar-refractivity contribution in [3.05, 3.63) is 70.0 Å². The smallest absolute Gasteiger partial charge is 0.369 e. The summed E-state index contributed by atoms with van der Waals surface area (Å²) in [5.41, 5.74) is 1.60. The van der Waals surface area contributed by atoms with Crippen molar-refractivity contribution >= 4 is 17.3 Å². The Labute approximate surface area is 202 Å². The van der Waals surface area contributed by atoms with Gasteiger partial charge in [0.15, 0.2) is 5.82 Å². The summed E-state index contributed by atoms with van der Waals surface area (Å²) in [7, 11) is 0. The highest BCUT2D eigenvalue weighted by atomic mass is 35.5. The average Bonchev–Trinajstić information content (AvgIpc) is 3.26. The molecule has 0 bridgehead atoms. The molecular weight excluding hydrogens is 465 g/mol. The number of alkyl halides is 3. The molecule has 34 heavy (non-hydrogen) atoms. The number of piperazine rings is 1. The minimum absolute atomic E-state index is 0.432. The van der Waals surface area contributed by atoms with E-state index in [2.05, 4.69) is 25.3 Å². The van der Waals surface area contributed by atoms with E-state index in [0.717, 1.165) is 17.3 Å². The normalized spacial score (nSPS) is 16.6. The molecule has 182 valence electrons. The first-order chi connectivity index (χ1) is 15.9. The molecule has 2 heterocycles. The van der Waals surface area contributed by atoms with Crippen LogP contribution < -0.4 is 4.90 Å². The number of halogens is 4. The Bertz CT molecular complexity index is 1150. The zero-order valence-corrected chi connectivity index (χ0v) is 20.4. The third-order valence-electron chi connectivity index (χ3n) is 6.09. The van der Waals surface area contributed by atoms with Crippen LogP contribution in [0.15, 0.2) is 42.5 Å². The molecule has 3 aromatic rings. The Balaban J connectivity index is 1.69. The summed E-state index contributed by atoms with van der Waals surface area (Å²) in [5.74, 6) is 0.527. The van der Waals surface area contributed by atoms with Crippen LogP contribution >= 0.6 is 11.6 Å². The topological polar surface area (TPSA) is 50.1 Å². The predicted molar refractivity (Wildman–Crippen MR) is 126 cm³/mol. The van der Waals surface area contributed by atoms with E-state index in [1.54, 1.807) is 10.7 Å². The van der Waals surface area contributed by atoms with Crippen LogP contribution in [-0.2, 0) is 11.7 Å². The second kappa shape index (κ2) is 9.19. The summed E-state index contributed by atoms with van der Waals surface area (Å²) < 4.78 is 42.3. The van der Waals surface area contributed by atoms with E-state index in [1.807, 2.05) is 45.9 Å². The molecule has 0 saturated carbocycles. The van der Waals surface area contributed by atoms with Crippen molar-refractivity contribution in [1.29, 1.82) is 0 Å². The average molecular weight is 493 g/mol. The summed E-state index contributed by atoms with van der Waals surface area (Å²) in [6.07, 6.45) is -4.43. The lowest BCUT2D eigenvalue weighted by Gasteiger charge is -2.41. The maximum atomic E-state index is 13.5. The highest BCUT2D eigenvalue weighted by molar-refractivity contribution is 6.30. The number of benzene rings is 2. The van der Waals surface area contributed by atoms with Crippen LogP contribution in [0.4, 0.5) is 18.9 Å². The number of aromatic nitrogens is 4. The minimum Gasteiger partial charge on any atom is -0.369 e. The molecule has 6 nitrogen and oxygen atoms in total. The van der Waals surface area contributed by atoms with Gasteiger partial charge in [-0.3, -0.25) is 4.90 Å². The van der Waals surface area contributed by atoms with Crippen LogP contribution in [0.5, 0.6) is 0 Å². The van der Waals surface area contributed by atoms with Gasteiger partial charge in [-0.05, 0) is 73.5 Å². The van der Waals surface area contributed by atoms with Crippen molar-refractivity contribution in [3.63, 3.8) is 0 Å². The Hall–Kier alpha value is -2.65. The fourth-order valence-electron chi connectivity index (χ4n) is 4.39. The van der Waals surface area contributed by atoms with E-state index in [4.69, 9.17) is 11.6 Å². The van der Waals surface area contributed by atoms with Gasteiger partial charge < -0.3 is 4.90 Å². The maximum absolute atomic E-state index is 13.5. The maximum Gasteiger partial charge on any atom is 0.416 e. The minimum atomic E-state index is -4.43. The Morgan fingerprint density at radius 3 is 2.32 bits per heavy atom. The summed E-state index contributed by atoms with van der Waals surface area (Å²) in [6.45, 7) is 10.6. The summed E-state index contributed by atoms with van der Waals surface area (Å²) in [5, 5.41) is 13.0. The van der Waals surface area contributed by atoms with Crippen LogP contribution in [0.3, 0.4) is 0 Å². The molecule has 1 saturated heterocycles. The molecule has 0 spiro atoms. The van der Waals surface area contributed by atoms with E-state index < -0.39 is 23.3 Å². The van der Waals surface area contributed by atoms with Crippen LogP contribution in [-0.4, -0.2) is 51.3 Å². The van der Waals surface area contributed by atoms with Gasteiger partial charge in [0.2, 0.25) is 0 Å². The van der Waals surface area contributed by atoms with Gasteiger partial charge in [-0.2, -0.15) is 13.2 Å². The first-order valence-electron chi connectivity index (χ1n) is 11.2. The molecule has 4 rings (SSSR count). The van der Waals surface area contributed by atoms with Gasteiger partial charge in [-0.25, -0.2) is 4.68 Å². The molecule has 1 aliphatic heterocycles. The van der Waals surface area contributed by atoms with Crippen molar-refractivity contribution in [2.75, 3.05) is 31.1 Å². The number of nitrogens with zero attached hydrogens (tertiary/aromatic N) is 6. The van der Waals surface area contributed by atoms with Gasteiger partial charge in [-0.1, -0.05) is 29.8 Å². The van der Waals surface area contributed by atoms with Crippen LogP contribution in [0.1, 0.15) is 49.3 Å². The van der Waals surface area contributed by atoms with E-state index in [1.165, 1.54) is 12.1 Å². The number of aryl methyl sites for hydroxylation is 1. The molecule has 1 aromatic heterocycles. The predicted octanol–water partition coefficient (Wildman–Crippen LogP) is 5.32. The number of rotatable bonds is 4. The van der Waals surface area contributed by atoms with Crippen molar-refractivity contribution in [2.45, 2.75) is 45.5 Å². The number of anilines is 1. The highest BCUT2D eigenvalue weighted by Crippen LogP contribution is 2.36. The fraction of sp³-hybridized carbons (Fsp3) is 0.458. The highest BCUT2D eigenvalue weighted by Gasteiger charge is 2.36. The molecule has 0 unspecified atom stereocenters. The summed E-state index contributed by atoms with van der Waals surface area (Å²) >= 11 is 6.22. The largest absolute Gasteiger partial charge is 0.416 e. The number of tetrazole rings is 1. The van der Waals surface area contributed by atoms with Crippen molar-refractivity contribution in [1.82, 2.24) is 25.1 Å². The van der Waals surface area contributed by atoms with E-state index in [-0.39, 0.29) is 0 Å². The van der Waals surface area contributed by atoms with Crippen LogP contribution in [0.2, 0.25) is 5.02 Å². The van der Waals surface area contributed by atoms with E-state index >= 15 is 0 Å². The van der Waals surface area contributed by atoms with E-state index in [9.17, 15) is 13.2 Å². The third-order valence-corrected chi connectivity index (χ3v) is 6.33. The van der Waals surface area contributed by atoms with Crippen LogP contribution in [0, 0.1) is 6.92 Å². The lowest BCUT2D eigenvalue weighted by Crippen LogP contribution is -2.49. The Morgan fingerprint density at radius 2 is 1.68 bits per heavy atom. The third kappa shape index (κ3) is 5.05. The molecule has 0 radical (unpaired) electrons. The molecule has 1 aliphatic rings. The molecule has 0 aliphatic carbocycles. The number of hydrogen-bond donors (Lipinski definition) is 0. The van der Waals surface area contributed by atoms with Gasteiger partial charge in [0, 0.05) is 36.9 Å². The van der Waals surface area contributed by atoms with Crippen LogP contribution in [0.25, 0.3) is 0 Å². The monoisotopic (exact) mass is 492 g/mol. The van der Waals surface area contributed by atoms with Gasteiger partial charge in [0.1, 0.15) is 0 Å². The molecule has 10 heteroatoms. The van der Waals surface area contributed by atoms with Gasteiger partial charge >= 0.3 is 6.18 Å². The molecular formula is C24H28ClF3N6. The first kappa shape index (κ1) is 24.5. The molecule has 1 atom stereocenters. The Morgan fingerprint density at radius 1 is 0.971 bits per heavy atom. The zero-order valence-electron chi connectivity index (χ0n) is 19.6. The zero-order chi connectivity index (χ0) is 24.7. The van der Waals surface area contributed by atoms with Crippen molar-refractivity contribution in [2.24, 2.45) is 0 Å². The van der Waals surface area contributed by atoms with Gasteiger partial charge in [0.05, 0.1) is 17.1 Å². The van der Waals surface area contributed by atoms with Gasteiger partial charge in [-0.15, -0.1) is 5.10 Å². The number of hydrogen-bond acceptors (Lipinski definition) is 5. The fourth-order valence-corrected chi connectivity index (χ4v) is 4.56. The SMILES string of the molecule is Cc1ccc(Cl)cc1N1CCN([C@@H](c2cccc(C(F)(F)F)c2)c2nnnn2C(C)(C)C)CC1. The first-order valence-corrected chi connectivity index (χ1v) is 11.5. The van der Waals surface area contributed by atoms with E-state index in [0.29, 0.717) is 42.6 Å². The lowest BCUT2D eigenvalue weighted by atomic mass is 9.99. The second-order valence-corrected chi connectivity index (χ2v) is 10.0. The molecule has 0 amide bonds.